The van der Waals surface area contributed by atoms with Crippen LogP contribution in [0.1, 0.15) is 21.1 Å². The van der Waals surface area contributed by atoms with Crippen LogP contribution in [-0.4, -0.2) is 46.6 Å². The Morgan fingerprint density at radius 1 is 0.735 bits per heavy atom. The quantitative estimate of drug-likeness (QED) is 0.345. The lowest BCUT2D eigenvalue weighted by Crippen LogP contribution is -2.29. The number of hydrogen-bond donors (Lipinski definition) is 3. The first-order chi connectivity index (χ1) is 16.3. The molecule has 0 radical (unpaired) electrons. The van der Waals surface area contributed by atoms with Gasteiger partial charge in [-0.15, -0.1) is 0 Å². The van der Waals surface area contributed by atoms with Crippen molar-refractivity contribution in [3.63, 3.8) is 0 Å². The maximum absolute atomic E-state index is 12.7. The first-order valence-corrected chi connectivity index (χ1v) is 9.80. The van der Waals surface area contributed by atoms with Crippen LogP contribution in [0.2, 0.25) is 0 Å². The Labute approximate surface area is 189 Å². The van der Waals surface area contributed by atoms with E-state index in [0.29, 0.717) is 0 Å². The highest BCUT2D eigenvalue weighted by atomic mass is 16.5. The fourth-order valence-electron chi connectivity index (χ4n) is 3.20. The van der Waals surface area contributed by atoms with Crippen molar-refractivity contribution in [1.82, 2.24) is 0 Å². The van der Waals surface area contributed by atoms with E-state index in [1.54, 1.807) is 24.3 Å². The number of carbonyl (C=O) groups is 2. The molecule has 2 heterocycles. The van der Waals surface area contributed by atoms with Gasteiger partial charge in [-0.3, -0.25) is 9.59 Å². The van der Waals surface area contributed by atoms with Crippen molar-refractivity contribution in [2.24, 2.45) is 0 Å². The molecule has 0 aliphatic carbocycles. The van der Waals surface area contributed by atoms with Crippen molar-refractivity contribution in [2.45, 2.75) is 6.10 Å². The number of carboxylic acids is 2. The molecule has 0 bridgehead atoms. The lowest BCUT2D eigenvalue weighted by molar-refractivity contribution is 0.0532. The highest BCUT2D eigenvalue weighted by molar-refractivity contribution is 5.91. The number of hydrogen-bond acceptors (Lipinski definition) is 9. The summed E-state index contributed by atoms with van der Waals surface area (Å²) in [4.78, 5) is 48.3. The third-order valence-electron chi connectivity index (χ3n) is 4.74. The number of aliphatic hydroxyl groups is 1. The normalized spacial score (nSPS) is 11.1. The SMILES string of the molecule is O=C(O)c1oc2ccccc2c(=O)c1OCC(O)COc1c(C(=O)O)oc2ccccc2c1=O. The van der Waals surface area contributed by atoms with E-state index in [-0.39, 0.29) is 21.9 Å². The van der Waals surface area contributed by atoms with Crippen molar-refractivity contribution in [1.29, 1.82) is 0 Å². The number of aromatic carboxylic acids is 2. The average molecular weight is 468 g/mol. The maximum Gasteiger partial charge on any atom is 0.375 e. The summed E-state index contributed by atoms with van der Waals surface area (Å²) in [7, 11) is 0. The average Bonchev–Trinajstić information content (AvgIpc) is 2.82. The number of rotatable bonds is 8. The van der Waals surface area contributed by atoms with Crippen LogP contribution in [0.15, 0.2) is 67.0 Å². The van der Waals surface area contributed by atoms with Crippen molar-refractivity contribution in [3.8, 4) is 11.5 Å². The van der Waals surface area contributed by atoms with Gasteiger partial charge >= 0.3 is 11.9 Å². The van der Waals surface area contributed by atoms with Gasteiger partial charge in [-0.2, -0.15) is 0 Å². The molecule has 0 unspecified atom stereocenters. The van der Waals surface area contributed by atoms with Crippen LogP contribution in [-0.2, 0) is 0 Å². The van der Waals surface area contributed by atoms with Crippen LogP contribution in [0.3, 0.4) is 0 Å². The smallest absolute Gasteiger partial charge is 0.375 e. The van der Waals surface area contributed by atoms with E-state index >= 15 is 0 Å². The number of fused-ring (bicyclic) bond motifs is 2. The molecule has 0 saturated carbocycles. The topological polar surface area (TPSA) is 174 Å². The maximum atomic E-state index is 12.7. The molecule has 4 rings (SSSR count). The van der Waals surface area contributed by atoms with Crippen molar-refractivity contribution < 1.29 is 43.2 Å². The van der Waals surface area contributed by atoms with Gasteiger partial charge in [0, 0.05) is 0 Å². The van der Waals surface area contributed by atoms with Crippen LogP contribution in [0.25, 0.3) is 21.9 Å². The van der Waals surface area contributed by atoms with Gasteiger partial charge in [-0.25, -0.2) is 9.59 Å². The lowest BCUT2D eigenvalue weighted by atomic mass is 10.2. The number of para-hydroxylation sites is 2. The van der Waals surface area contributed by atoms with Crippen molar-refractivity contribution in [2.75, 3.05) is 13.2 Å². The summed E-state index contributed by atoms with van der Waals surface area (Å²) in [6.07, 6.45) is -1.49. The zero-order valence-corrected chi connectivity index (χ0v) is 17.2. The van der Waals surface area contributed by atoms with E-state index in [2.05, 4.69) is 0 Å². The second-order valence-corrected chi connectivity index (χ2v) is 7.06. The molecule has 2 aromatic carbocycles. The Balaban J connectivity index is 1.56. The number of carboxylic acid groups (broad SMARTS) is 2. The molecule has 0 aliphatic rings. The molecular weight excluding hydrogens is 452 g/mol. The van der Waals surface area contributed by atoms with Gasteiger partial charge in [0.15, 0.2) is 0 Å². The number of aliphatic hydroxyl groups excluding tert-OH is 1. The molecule has 2 aromatic heterocycles. The first kappa shape index (κ1) is 22.6. The van der Waals surface area contributed by atoms with Gasteiger partial charge in [0.25, 0.3) is 11.5 Å². The van der Waals surface area contributed by atoms with Crippen LogP contribution in [0, 0.1) is 0 Å². The summed E-state index contributed by atoms with van der Waals surface area (Å²) in [6, 6.07) is 11.9. The minimum Gasteiger partial charge on any atom is -0.483 e. The van der Waals surface area contributed by atoms with Gasteiger partial charge in [0.1, 0.15) is 30.5 Å². The van der Waals surface area contributed by atoms with Gasteiger partial charge in [0.05, 0.1) is 10.8 Å². The second-order valence-electron chi connectivity index (χ2n) is 7.06. The highest BCUT2D eigenvalue weighted by Gasteiger charge is 2.24. The predicted molar refractivity (Wildman–Crippen MR) is 116 cm³/mol. The summed E-state index contributed by atoms with van der Waals surface area (Å²) in [6.45, 7) is -1.24. The minimum absolute atomic E-state index is 0.0466. The number of ether oxygens (including phenoxy) is 2. The van der Waals surface area contributed by atoms with E-state index in [1.165, 1.54) is 24.3 Å². The molecule has 11 heteroatoms. The van der Waals surface area contributed by atoms with E-state index in [0.717, 1.165) is 0 Å². The largest absolute Gasteiger partial charge is 0.483 e. The molecule has 3 N–H and O–H groups in total. The summed E-state index contributed by atoms with van der Waals surface area (Å²) in [5, 5.41) is 29.1. The Bertz CT molecular complexity index is 1410. The predicted octanol–water partition coefficient (Wildman–Crippen LogP) is 2.11. The summed E-state index contributed by atoms with van der Waals surface area (Å²) < 4.78 is 20.9. The zero-order chi connectivity index (χ0) is 24.4. The van der Waals surface area contributed by atoms with Crippen LogP contribution in [0.4, 0.5) is 0 Å². The zero-order valence-electron chi connectivity index (χ0n) is 17.2. The van der Waals surface area contributed by atoms with Gasteiger partial charge in [0.2, 0.25) is 22.4 Å². The molecule has 0 fully saturated rings. The monoisotopic (exact) mass is 468 g/mol. The fourth-order valence-corrected chi connectivity index (χ4v) is 3.20. The minimum atomic E-state index is -1.55. The van der Waals surface area contributed by atoms with Gasteiger partial charge in [-0.1, -0.05) is 24.3 Å². The van der Waals surface area contributed by atoms with E-state index in [9.17, 15) is 34.5 Å². The van der Waals surface area contributed by atoms with Crippen molar-refractivity contribution >= 4 is 33.9 Å². The fraction of sp³-hybridized carbons (Fsp3) is 0.130. The van der Waals surface area contributed by atoms with Crippen LogP contribution >= 0.6 is 0 Å². The van der Waals surface area contributed by atoms with Crippen LogP contribution in [0.5, 0.6) is 11.5 Å². The first-order valence-electron chi connectivity index (χ1n) is 9.80. The molecule has 11 nitrogen and oxygen atoms in total. The molecule has 0 saturated heterocycles. The Kier molecular flexibility index (Phi) is 6.02. The molecule has 0 aliphatic heterocycles. The summed E-state index contributed by atoms with van der Waals surface area (Å²) >= 11 is 0. The number of benzene rings is 2. The third kappa shape index (κ3) is 4.19. The van der Waals surface area contributed by atoms with E-state index in [1.807, 2.05) is 0 Å². The summed E-state index contributed by atoms with van der Waals surface area (Å²) in [5.74, 6) is -5.85. The Morgan fingerprint density at radius 3 is 1.50 bits per heavy atom. The second kappa shape index (κ2) is 9.08. The standard InChI is InChI=1S/C23H16O11/c24-11(9-31-18-16(25)12-5-1-3-7-14(12)33-20(18)22(27)28)10-32-19-17(26)13-6-2-4-8-15(13)34-21(19)23(29)30/h1-8,11,24H,9-10H2,(H,27,28)(H,29,30). The molecule has 174 valence electrons. The third-order valence-corrected chi connectivity index (χ3v) is 4.74. The molecule has 0 amide bonds. The Morgan fingerprint density at radius 2 is 1.12 bits per heavy atom. The van der Waals surface area contributed by atoms with Crippen molar-refractivity contribution in [3.05, 3.63) is 80.5 Å². The van der Waals surface area contributed by atoms with Gasteiger partial charge in [-0.05, 0) is 24.3 Å². The van der Waals surface area contributed by atoms with E-state index in [4.69, 9.17) is 18.3 Å². The summed E-state index contributed by atoms with van der Waals surface area (Å²) in [5.41, 5.74) is -1.41. The molecule has 4 aromatic rings. The molecule has 0 spiro atoms. The van der Waals surface area contributed by atoms with E-state index < -0.39 is 65.1 Å². The highest BCUT2D eigenvalue weighted by Crippen LogP contribution is 2.23. The lowest BCUT2D eigenvalue weighted by Gasteiger charge is -2.15. The Hall–Kier alpha value is -4.64. The molecule has 34 heavy (non-hydrogen) atoms. The van der Waals surface area contributed by atoms with Gasteiger partial charge < -0.3 is 33.6 Å². The molecule has 0 atom stereocenters. The van der Waals surface area contributed by atoms with Crippen LogP contribution < -0.4 is 20.3 Å². The molecular formula is C23H16O11.